The maximum atomic E-state index is 14.2. The molecule has 2 aromatic carbocycles. The molecule has 304 valence electrons. The lowest BCUT2D eigenvalue weighted by Crippen LogP contribution is -2.63. The Hall–Kier alpha value is -4.11. The molecule has 22 heteroatoms. The van der Waals surface area contributed by atoms with Gasteiger partial charge in [0.25, 0.3) is 0 Å². The zero-order chi connectivity index (χ0) is 40.1. The standard InChI is InChI=1S/C33H40O22/c1-48-26-13(38)5-14-17(20(26)41)21(42)27(25(51-14)10-2-3-11(36)12(37)4-10)54-31-28(55-32-29(46)33(47,8-35)9-50-32)23(44)19(40)16(53-31)7-49-30-24(45)22(43)18(39)15(6-34)52-30/h2-5,15-16,18-19,22-24,28-32,34-41,43-47H,6-9H2,1H3. The van der Waals surface area contributed by atoms with Gasteiger partial charge in [-0.05, 0) is 18.2 Å². The lowest BCUT2D eigenvalue weighted by molar-refractivity contribution is -0.337. The second-order valence-corrected chi connectivity index (χ2v) is 13.1. The summed E-state index contributed by atoms with van der Waals surface area (Å²) in [5.74, 6) is -4.71. The second kappa shape index (κ2) is 15.8. The highest BCUT2D eigenvalue weighted by atomic mass is 16.8. The molecule has 13 unspecified atom stereocenters. The van der Waals surface area contributed by atoms with Gasteiger partial charge in [-0.25, -0.2) is 0 Å². The lowest BCUT2D eigenvalue weighted by Gasteiger charge is -2.44. The summed E-state index contributed by atoms with van der Waals surface area (Å²) in [5, 5.41) is 135. The maximum Gasteiger partial charge on any atom is 0.239 e. The number of aromatic hydroxyl groups is 4. The number of phenols is 4. The van der Waals surface area contributed by atoms with Crippen molar-refractivity contribution in [3.05, 3.63) is 34.5 Å². The van der Waals surface area contributed by atoms with Gasteiger partial charge in [0.1, 0.15) is 65.4 Å². The predicted octanol–water partition coefficient (Wildman–Crippen LogP) is -4.24. The second-order valence-electron chi connectivity index (χ2n) is 13.1. The van der Waals surface area contributed by atoms with Gasteiger partial charge < -0.3 is 104 Å². The molecule has 3 aliphatic rings. The minimum atomic E-state index is -2.22. The Morgan fingerprint density at radius 3 is 2.13 bits per heavy atom. The minimum absolute atomic E-state index is 0.141. The minimum Gasteiger partial charge on any atom is -0.504 e. The summed E-state index contributed by atoms with van der Waals surface area (Å²) in [4.78, 5) is 14.2. The van der Waals surface area contributed by atoms with Gasteiger partial charge in [0.05, 0.1) is 33.5 Å². The highest BCUT2D eigenvalue weighted by Gasteiger charge is 2.54. The molecule has 4 heterocycles. The molecule has 3 saturated heterocycles. The first kappa shape index (κ1) is 40.6. The molecular formula is C33H40O22. The highest BCUT2D eigenvalue weighted by molar-refractivity contribution is 5.91. The first-order chi connectivity index (χ1) is 26.0. The normalized spacial score (nSPS) is 35.2. The summed E-state index contributed by atoms with van der Waals surface area (Å²) in [5.41, 5.74) is -3.97. The summed E-state index contributed by atoms with van der Waals surface area (Å²) in [7, 11) is 1.08. The number of methoxy groups -OCH3 is 1. The van der Waals surface area contributed by atoms with Gasteiger partial charge in [-0.1, -0.05) is 0 Å². The molecule has 3 aromatic rings. The largest absolute Gasteiger partial charge is 0.504 e. The molecule has 0 radical (unpaired) electrons. The van der Waals surface area contributed by atoms with Crippen molar-refractivity contribution >= 4 is 11.0 Å². The zero-order valence-corrected chi connectivity index (χ0v) is 28.6. The number of benzene rings is 2. The maximum absolute atomic E-state index is 14.2. The van der Waals surface area contributed by atoms with Crippen LogP contribution in [0.4, 0.5) is 0 Å². The Kier molecular flexibility index (Phi) is 11.6. The number of ether oxygens (including phenoxy) is 7. The fraction of sp³-hybridized carbons (Fsp3) is 0.545. The van der Waals surface area contributed by atoms with Crippen LogP contribution in [0, 0.1) is 0 Å². The first-order valence-corrected chi connectivity index (χ1v) is 16.6. The van der Waals surface area contributed by atoms with E-state index in [0.29, 0.717) is 0 Å². The molecule has 22 nitrogen and oxygen atoms in total. The molecule has 0 aliphatic carbocycles. The fourth-order valence-electron chi connectivity index (χ4n) is 6.31. The summed E-state index contributed by atoms with van der Waals surface area (Å²) < 4.78 is 44.6. The van der Waals surface area contributed by atoms with Crippen molar-refractivity contribution < 1.29 is 104 Å². The number of rotatable bonds is 11. The van der Waals surface area contributed by atoms with Gasteiger partial charge in [0.2, 0.25) is 23.2 Å². The Bertz CT molecular complexity index is 1900. The molecule has 13 N–H and O–H groups in total. The topological polar surface area (TPSA) is 358 Å². The Morgan fingerprint density at radius 1 is 0.800 bits per heavy atom. The van der Waals surface area contributed by atoms with Crippen LogP contribution in [-0.4, -0.2) is 179 Å². The molecule has 55 heavy (non-hydrogen) atoms. The quantitative estimate of drug-likeness (QED) is 0.0818. The van der Waals surface area contributed by atoms with Gasteiger partial charge in [-0.3, -0.25) is 4.79 Å². The third-order valence-corrected chi connectivity index (χ3v) is 9.51. The van der Waals surface area contributed by atoms with Crippen LogP contribution >= 0.6 is 0 Å². The average molecular weight is 789 g/mol. The van der Waals surface area contributed by atoms with Crippen molar-refractivity contribution in [2.45, 2.75) is 79.4 Å². The van der Waals surface area contributed by atoms with E-state index in [2.05, 4.69) is 0 Å². The van der Waals surface area contributed by atoms with Crippen LogP contribution in [0.3, 0.4) is 0 Å². The van der Waals surface area contributed by atoms with E-state index >= 15 is 0 Å². The number of hydrogen-bond acceptors (Lipinski definition) is 22. The SMILES string of the molecule is COc1c(O)cc2oc(-c3ccc(O)c(O)c3)c(OC3OC(COC4OC(CO)C(O)C(O)C4O)C(O)C(O)C3OC3OCC(O)(CO)C3O)c(=O)c2c1O. The molecule has 0 saturated carbocycles. The van der Waals surface area contributed by atoms with Crippen LogP contribution in [-0.2, 0) is 23.7 Å². The third-order valence-electron chi connectivity index (χ3n) is 9.51. The van der Waals surface area contributed by atoms with Crippen molar-refractivity contribution in [2.24, 2.45) is 0 Å². The van der Waals surface area contributed by atoms with Gasteiger partial charge in [-0.2, -0.15) is 0 Å². The summed E-state index contributed by atoms with van der Waals surface area (Å²) in [6, 6.07) is 4.09. The van der Waals surface area contributed by atoms with E-state index in [9.17, 15) is 71.2 Å². The lowest BCUT2D eigenvalue weighted by atomic mass is 9.97. The predicted molar refractivity (Wildman–Crippen MR) is 175 cm³/mol. The number of phenolic OH excluding ortho intramolecular Hbond substituents is 4. The van der Waals surface area contributed by atoms with Crippen LogP contribution < -0.4 is 14.9 Å². The van der Waals surface area contributed by atoms with Crippen LogP contribution in [0.15, 0.2) is 33.5 Å². The monoisotopic (exact) mass is 788 g/mol. The van der Waals surface area contributed by atoms with Crippen molar-refractivity contribution in [1.82, 2.24) is 0 Å². The van der Waals surface area contributed by atoms with Crippen LogP contribution in [0.1, 0.15) is 0 Å². The Morgan fingerprint density at radius 2 is 1.49 bits per heavy atom. The number of aliphatic hydroxyl groups excluding tert-OH is 8. The Labute approximate surface area is 308 Å². The van der Waals surface area contributed by atoms with Gasteiger partial charge in [0.15, 0.2) is 47.4 Å². The molecular weight excluding hydrogens is 748 g/mol. The van der Waals surface area contributed by atoms with Crippen molar-refractivity contribution in [3.8, 4) is 45.8 Å². The number of aliphatic hydroxyl groups is 9. The average Bonchev–Trinajstić information content (AvgIpc) is 3.44. The fourth-order valence-corrected chi connectivity index (χ4v) is 6.31. The summed E-state index contributed by atoms with van der Waals surface area (Å²) >= 11 is 0. The highest BCUT2D eigenvalue weighted by Crippen LogP contribution is 2.45. The van der Waals surface area contributed by atoms with Gasteiger partial charge in [0, 0.05) is 11.6 Å². The smallest absolute Gasteiger partial charge is 0.239 e. The van der Waals surface area contributed by atoms with E-state index in [1.807, 2.05) is 0 Å². The summed E-state index contributed by atoms with van der Waals surface area (Å²) in [6.45, 7) is -3.22. The van der Waals surface area contributed by atoms with Crippen LogP contribution in [0.25, 0.3) is 22.3 Å². The van der Waals surface area contributed by atoms with Crippen LogP contribution in [0.2, 0.25) is 0 Å². The third kappa shape index (κ3) is 7.34. The summed E-state index contributed by atoms with van der Waals surface area (Å²) in [6.07, 6.45) is -22.1. The van der Waals surface area contributed by atoms with E-state index in [1.165, 1.54) is 6.07 Å². The molecule has 3 fully saturated rings. The molecule has 0 amide bonds. The first-order valence-electron chi connectivity index (χ1n) is 16.6. The van der Waals surface area contributed by atoms with E-state index in [4.69, 9.17) is 37.6 Å². The Balaban J connectivity index is 1.42. The molecule has 1 aromatic heterocycles. The van der Waals surface area contributed by atoms with Gasteiger partial charge >= 0.3 is 0 Å². The van der Waals surface area contributed by atoms with Crippen molar-refractivity contribution in [2.75, 3.05) is 33.5 Å². The van der Waals surface area contributed by atoms with E-state index in [0.717, 1.165) is 25.3 Å². The zero-order valence-electron chi connectivity index (χ0n) is 28.6. The van der Waals surface area contributed by atoms with Crippen LogP contribution in [0.5, 0.6) is 34.5 Å². The van der Waals surface area contributed by atoms with Crippen molar-refractivity contribution in [1.29, 1.82) is 0 Å². The molecule has 0 spiro atoms. The van der Waals surface area contributed by atoms with E-state index in [1.54, 1.807) is 0 Å². The van der Waals surface area contributed by atoms with Gasteiger partial charge in [-0.15, -0.1) is 0 Å². The molecule has 13 atom stereocenters. The van der Waals surface area contributed by atoms with Crippen molar-refractivity contribution in [3.63, 3.8) is 0 Å². The molecule has 6 rings (SSSR count). The van der Waals surface area contributed by atoms with E-state index in [-0.39, 0.29) is 5.56 Å². The molecule has 3 aliphatic heterocycles. The van der Waals surface area contributed by atoms with E-state index < -0.39 is 162 Å². The number of hydrogen-bond donors (Lipinski definition) is 13. The molecule has 0 bridgehead atoms. The number of fused-ring (bicyclic) bond motifs is 1.